The summed E-state index contributed by atoms with van der Waals surface area (Å²) < 4.78 is 0. The minimum absolute atomic E-state index is 0.411. The molecule has 2 atom stereocenters. The number of nitriles is 1. The molecule has 0 amide bonds. The maximum absolute atomic E-state index is 9.95. The number of anilines is 1. The van der Waals surface area contributed by atoms with Crippen molar-refractivity contribution in [1.29, 1.82) is 5.26 Å². The third-order valence-electron chi connectivity index (χ3n) is 2.31. The molecule has 1 aromatic carbocycles. The lowest BCUT2D eigenvalue weighted by atomic mass is 10.0. The van der Waals surface area contributed by atoms with Crippen LogP contribution in [0, 0.1) is 10.7 Å². The zero-order chi connectivity index (χ0) is 12.8. The van der Waals surface area contributed by atoms with Gasteiger partial charge in [-0.05, 0) is 36.4 Å². The van der Waals surface area contributed by atoms with Gasteiger partial charge < -0.3 is 15.9 Å². The van der Waals surface area contributed by atoms with Gasteiger partial charge in [0.1, 0.15) is 11.5 Å². The van der Waals surface area contributed by atoms with E-state index in [-0.39, 0.29) is 0 Å². The first-order chi connectivity index (χ1) is 8.10. The lowest BCUT2D eigenvalue weighted by Gasteiger charge is -2.19. The Hall–Kier alpha value is -0.740. The van der Waals surface area contributed by atoms with E-state index >= 15 is 0 Å². The fourth-order valence-electron chi connectivity index (χ4n) is 1.40. The normalized spacial score (nSPS) is 14.0. The summed E-state index contributed by atoms with van der Waals surface area (Å²) in [6.45, 7) is 0. The van der Waals surface area contributed by atoms with E-state index in [1.165, 1.54) is 0 Å². The molecule has 92 valence electrons. The molecular weight excluding hydrogens is 304 g/mol. The number of rotatable bonds is 5. The first-order valence-corrected chi connectivity index (χ1v) is 6.91. The van der Waals surface area contributed by atoms with Crippen LogP contribution in [0.2, 0.25) is 0 Å². The Morgan fingerprint density at radius 1 is 1.47 bits per heavy atom. The molecular formula is C11H13BrN2O2S. The van der Waals surface area contributed by atoms with Crippen LogP contribution in [0.4, 0.5) is 5.69 Å². The molecule has 0 bridgehead atoms. The molecule has 0 aliphatic heterocycles. The first kappa shape index (κ1) is 14.3. The van der Waals surface area contributed by atoms with Gasteiger partial charge >= 0.3 is 0 Å². The Morgan fingerprint density at radius 3 is 2.76 bits per heavy atom. The Bertz CT molecular complexity index is 422. The number of thioether (sulfide) groups is 1. The molecule has 0 radical (unpaired) electrons. The Morgan fingerprint density at radius 2 is 2.18 bits per heavy atom. The topological polar surface area (TPSA) is 90.3 Å². The van der Waals surface area contributed by atoms with Gasteiger partial charge in [0, 0.05) is 21.5 Å². The second-order valence-electron chi connectivity index (χ2n) is 3.47. The van der Waals surface area contributed by atoms with Gasteiger partial charge in [-0.1, -0.05) is 15.9 Å². The van der Waals surface area contributed by atoms with E-state index in [0.717, 1.165) is 11.8 Å². The average Bonchev–Trinajstić information content (AvgIpc) is 2.31. The summed E-state index contributed by atoms with van der Waals surface area (Å²) in [6, 6.07) is 4.96. The van der Waals surface area contributed by atoms with Crippen molar-refractivity contribution in [3.8, 4) is 5.40 Å². The molecule has 1 rings (SSSR count). The molecule has 0 aromatic heterocycles. The van der Waals surface area contributed by atoms with Crippen molar-refractivity contribution >= 4 is 33.4 Å². The maximum Gasteiger partial charge on any atom is 0.138 e. The Kier molecular flexibility index (Phi) is 5.78. The van der Waals surface area contributed by atoms with Gasteiger partial charge in [-0.25, -0.2) is 0 Å². The van der Waals surface area contributed by atoms with Crippen LogP contribution in [0.1, 0.15) is 18.1 Å². The number of hydrogen-bond donors (Lipinski definition) is 3. The summed E-state index contributed by atoms with van der Waals surface area (Å²) >= 11 is 4.19. The number of aliphatic hydroxyl groups is 2. The second kappa shape index (κ2) is 6.87. The van der Waals surface area contributed by atoms with Crippen molar-refractivity contribution in [2.45, 2.75) is 23.5 Å². The van der Waals surface area contributed by atoms with Gasteiger partial charge in [-0.2, -0.15) is 5.26 Å². The summed E-state index contributed by atoms with van der Waals surface area (Å²) in [6.07, 6.45) is -1.48. The lowest BCUT2D eigenvalue weighted by Crippen LogP contribution is -2.19. The van der Waals surface area contributed by atoms with Crippen molar-refractivity contribution in [3.63, 3.8) is 0 Å². The number of halogens is 1. The molecule has 6 heteroatoms. The average molecular weight is 317 g/mol. The minimum atomic E-state index is -1.04. The van der Waals surface area contributed by atoms with Crippen LogP contribution in [0.5, 0.6) is 0 Å². The highest BCUT2D eigenvalue weighted by molar-refractivity contribution is 9.09. The molecule has 0 fully saturated rings. The number of thiocyanates is 1. The molecule has 4 nitrogen and oxygen atoms in total. The van der Waals surface area contributed by atoms with Crippen LogP contribution < -0.4 is 5.73 Å². The number of nitrogen functional groups attached to an aromatic ring is 1. The van der Waals surface area contributed by atoms with E-state index in [2.05, 4.69) is 15.9 Å². The summed E-state index contributed by atoms with van der Waals surface area (Å²) in [7, 11) is 0. The third-order valence-corrected chi connectivity index (χ3v) is 3.35. The number of alkyl halides is 1. The number of aliphatic hydroxyl groups excluding tert-OH is 2. The van der Waals surface area contributed by atoms with Crippen LogP contribution in [-0.2, 0) is 0 Å². The van der Waals surface area contributed by atoms with Gasteiger partial charge in [0.05, 0.1) is 6.10 Å². The summed E-state index contributed by atoms with van der Waals surface area (Å²) in [5.74, 6) is 0. The van der Waals surface area contributed by atoms with Crippen LogP contribution >= 0.6 is 27.7 Å². The summed E-state index contributed by atoms with van der Waals surface area (Å²) in [5, 5.41) is 30.8. The smallest absolute Gasteiger partial charge is 0.138 e. The van der Waals surface area contributed by atoms with Crippen LogP contribution in [0.25, 0.3) is 0 Å². The molecule has 2 unspecified atom stereocenters. The standard InChI is InChI=1S/C11H13BrN2O2S/c12-4-3-10(15)11(16)8-5-7(17-6-13)1-2-9(8)14/h1-2,5,10-11,15-16H,3-4,14H2. The molecule has 1 aromatic rings. The molecule has 17 heavy (non-hydrogen) atoms. The van der Waals surface area contributed by atoms with Crippen molar-refractivity contribution in [3.05, 3.63) is 23.8 Å². The van der Waals surface area contributed by atoms with Gasteiger partial charge in [-0.3, -0.25) is 0 Å². The van der Waals surface area contributed by atoms with E-state index in [4.69, 9.17) is 11.0 Å². The number of hydrogen-bond acceptors (Lipinski definition) is 5. The Labute approximate surface area is 113 Å². The predicted molar refractivity (Wildman–Crippen MR) is 71.7 cm³/mol. The number of nitrogens with zero attached hydrogens (tertiary/aromatic N) is 1. The molecule has 0 aliphatic rings. The highest BCUT2D eigenvalue weighted by Crippen LogP contribution is 2.29. The largest absolute Gasteiger partial charge is 0.398 e. The van der Waals surface area contributed by atoms with Crippen molar-refractivity contribution in [2.24, 2.45) is 0 Å². The highest BCUT2D eigenvalue weighted by atomic mass is 79.9. The fourth-order valence-corrected chi connectivity index (χ4v) is 2.30. The van der Waals surface area contributed by atoms with Gasteiger partial charge in [0.15, 0.2) is 0 Å². The van der Waals surface area contributed by atoms with Crippen molar-refractivity contribution in [2.75, 3.05) is 11.1 Å². The van der Waals surface area contributed by atoms with E-state index in [0.29, 0.717) is 27.9 Å². The van der Waals surface area contributed by atoms with Crippen LogP contribution in [0.15, 0.2) is 23.1 Å². The van der Waals surface area contributed by atoms with Gasteiger partial charge in [-0.15, -0.1) is 0 Å². The molecule has 0 saturated carbocycles. The molecule has 4 N–H and O–H groups in total. The molecule has 0 aliphatic carbocycles. The van der Waals surface area contributed by atoms with E-state index < -0.39 is 12.2 Å². The summed E-state index contributed by atoms with van der Waals surface area (Å²) in [4.78, 5) is 0.696. The van der Waals surface area contributed by atoms with E-state index in [1.807, 2.05) is 5.40 Å². The Balaban J connectivity index is 2.95. The minimum Gasteiger partial charge on any atom is -0.398 e. The maximum atomic E-state index is 9.95. The second-order valence-corrected chi connectivity index (χ2v) is 5.13. The van der Waals surface area contributed by atoms with E-state index in [9.17, 15) is 10.2 Å². The third kappa shape index (κ3) is 3.89. The SMILES string of the molecule is N#CSc1ccc(N)c(C(O)C(O)CCBr)c1. The zero-order valence-electron chi connectivity index (χ0n) is 9.01. The predicted octanol–water partition coefficient (Wildman–Crippen LogP) is 2.02. The van der Waals surface area contributed by atoms with Crippen LogP contribution in [-0.4, -0.2) is 21.6 Å². The number of nitrogens with two attached hydrogens (primary N) is 1. The quantitative estimate of drug-likeness (QED) is 0.334. The molecule has 0 spiro atoms. The lowest BCUT2D eigenvalue weighted by molar-refractivity contribution is 0.0177. The zero-order valence-corrected chi connectivity index (χ0v) is 11.4. The monoisotopic (exact) mass is 316 g/mol. The van der Waals surface area contributed by atoms with Crippen molar-refractivity contribution < 1.29 is 10.2 Å². The number of benzene rings is 1. The molecule has 0 saturated heterocycles. The molecule has 0 heterocycles. The van der Waals surface area contributed by atoms with Gasteiger partial charge in [0.2, 0.25) is 0 Å². The van der Waals surface area contributed by atoms with E-state index in [1.54, 1.807) is 18.2 Å². The highest BCUT2D eigenvalue weighted by Gasteiger charge is 2.20. The van der Waals surface area contributed by atoms with Crippen LogP contribution in [0.3, 0.4) is 0 Å². The first-order valence-electron chi connectivity index (χ1n) is 4.97. The summed E-state index contributed by atoms with van der Waals surface area (Å²) in [5.41, 5.74) is 6.61. The van der Waals surface area contributed by atoms with Gasteiger partial charge in [0.25, 0.3) is 0 Å². The van der Waals surface area contributed by atoms with Crippen molar-refractivity contribution in [1.82, 2.24) is 0 Å². The fraction of sp³-hybridized carbons (Fsp3) is 0.364.